The van der Waals surface area contributed by atoms with E-state index in [1.165, 1.54) is 5.56 Å². The summed E-state index contributed by atoms with van der Waals surface area (Å²) in [5, 5.41) is 12.8. The molecule has 1 fully saturated rings. The minimum Gasteiger partial charge on any atom is -0.454 e. The third-order valence-corrected chi connectivity index (χ3v) is 6.27. The van der Waals surface area contributed by atoms with Crippen LogP contribution in [0, 0.1) is 5.92 Å². The summed E-state index contributed by atoms with van der Waals surface area (Å²) >= 11 is 0. The van der Waals surface area contributed by atoms with Crippen molar-refractivity contribution in [2.75, 3.05) is 33.0 Å². The fourth-order valence-corrected chi connectivity index (χ4v) is 4.67. The standard InChI is InChI=1S/C24H30N6O2/c1-18(2)23(29-12-10-28(11-13-29)15-19-6-4-3-5-7-19)24-25-26-27-30(24)16-20-8-9-21-22(14-20)32-17-31-21/h3-9,14,18,23H,10-13,15-17H2,1-2H3. The van der Waals surface area contributed by atoms with Crippen molar-refractivity contribution < 1.29 is 9.47 Å². The quantitative estimate of drug-likeness (QED) is 0.566. The van der Waals surface area contributed by atoms with Gasteiger partial charge in [-0.05, 0) is 39.6 Å². The molecule has 2 aliphatic heterocycles. The monoisotopic (exact) mass is 434 g/mol. The molecule has 3 heterocycles. The van der Waals surface area contributed by atoms with E-state index in [-0.39, 0.29) is 12.8 Å². The van der Waals surface area contributed by atoms with Crippen molar-refractivity contribution in [1.82, 2.24) is 30.0 Å². The van der Waals surface area contributed by atoms with Gasteiger partial charge < -0.3 is 9.47 Å². The van der Waals surface area contributed by atoms with Gasteiger partial charge >= 0.3 is 0 Å². The van der Waals surface area contributed by atoms with Crippen LogP contribution in [-0.4, -0.2) is 63.0 Å². The highest BCUT2D eigenvalue weighted by Gasteiger charge is 2.31. The number of fused-ring (bicyclic) bond motifs is 1. The number of hydrogen-bond acceptors (Lipinski definition) is 7. The third-order valence-electron chi connectivity index (χ3n) is 6.27. The maximum atomic E-state index is 5.53. The Balaban J connectivity index is 1.27. The second-order valence-electron chi connectivity index (χ2n) is 8.87. The molecule has 0 radical (unpaired) electrons. The topological polar surface area (TPSA) is 68.5 Å². The molecule has 5 rings (SSSR count). The van der Waals surface area contributed by atoms with Gasteiger partial charge in [0.15, 0.2) is 17.3 Å². The molecule has 32 heavy (non-hydrogen) atoms. The summed E-state index contributed by atoms with van der Waals surface area (Å²) in [6.45, 7) is 10.5. The number of hydrogen-bond donors (Lipinski definition) is 0. The smallest absolute Gasteiger partial charge is 0.231 e. The molecule has 1 aromatic heterocycles. The summed E-state index contributed by atoms with van der Waals surface area (Å²) in [4.78, 5) is 5.06. The van der Waals surface area contributed by atoms with Crippen LogP contribution in [0.4, 0.5) is 0 Å². The van der Waals surface area contributed by atoms with E-state index in [1.54, 1.807) is 0 Å². The van der Waals surface area contributed by atoms with Crippen molar-refractivity contribution in [3.8, 4) is 11.5 Å². The molecule has 0 N–H and O–H groups in total. The average Bonchev–Trinajstić information content (AvgIpc) is 3.45. The molecule has 168 valence electrons. The van der Waals surface area contributed by atoms with E-state index in [4.69, 9.17) is 9.47 Å². The molecule has 1 saturated heterocycles. The zero-order valence-electron chi connectivity index (χ0n) is 18.7. The zero-order valence-corrected chi connectivity index (χ0v) is 18.7. The molecular weight excluding hydrogens is 404 g/mol. The number of aromatic nitrogens is 4. The number of benzene rings is 2. The van der Waals surface area contributed by atoms with Crippen LogP contribution in [0.5, 0.6) is 11.5 Å². The lowest BCUT2D eigenvalue weighted by Gasteiger charge is -2.40. The Morgan fingerprint density at radius 1 is 0.875 bits per heavy atom. The van der Waals surface area contributed by atoms with Crippen molar-refractivity contribution >= 4 is 0 Å². The highest BCUT2D eigenvalue weighted by molar-refractivity contribution is 5.44. The minimum absolute atomic E-state index is 0.179. The third kappa shape index (κ3) is 4.47. The van der Waals surface area contributed by atoms with E-state index in [0.29, 0.717) is 12.5 Å². The molecule has 0 saturated carbocycles. The summed E-state index contributed by atoms with van der Waals surface area (Å²) in [7, 11) is 0. The lowest BCUT2D eigenvalue weighted by Crippen LogP contribution is -2.48. The summed E-state index contributed by atoms with van der Waals surface area (Å²) in [5.41, 5.74) is 2.46. The first-order chi connectivity index (χ1) is 15.7. The Hall–Kier alpha value is -2.97. The molecule has 1 atom stereocenters. The molecule has 0 aliphatic carbocycles. The first-order valence-electron chi connectivity index (χ1n) is 11.3. The molecule has 1 unspecified atom stereocenters. The van der Waals surface area contributed by atoms with Crippen molar-refractivity contribution in [3.63, 3.8) is 0 Å². The maximum Gasteiger partial charge on any atom is 0.231 e. The molecule has 0 bridgehead atoms. The van der Waals surface area contributed by atoms with Crippen LogP contribution < -0.4 is 9.47 Å². The molecular formula is C24H30N6O2. The van der Waals surface area contributed by atoms with Gasteiger partial charge in [-0.2, -0.15) is 0 Å². The largest absolute Gasteiger partial charge is 0.454 e. The van der Waals surface area contributed by atoms with Gasteiger partial charge in [0, 0.05) is 32.7 Å². The second-order valence-corrected chi connectivity index (χ2v) is 8.87. The van der Waals surface area contributed by atoms with Crippen molar-refractivity contribution in [1.29, 1.82) is 0 Å². The Kier molecular flexibility index (Phi) is 6.05. The maximum absolute atomic E-state index is 5.53. The minimum atomic E-state index is 0.179. The first kappa shape index (κ1) is 20.9. The van der Waals surface area contributed by atoms with E-state index in [0.717, 1.165) is 55.6 Å². The Morgan fingerprint density at radius 3 is 2.44 bits per heavy atom. The van der Waals surface area contributed by atoms with Crippen LogP contribution in [0.25, 0.3) is 0 Å². The van der Waals surface area contributed by atoms with Gasteiger partial charge in [0.05, 0.1) is 12.6 Å². The van der Waals surface area contributed by atoms with Crippen LogP contribution in [0.2, 0.25) is 0 Å². The van der Waals surface area contributed by atoms with Crippen LogP contribution >= 0.6 is 0 Å². The van der Waals surface area contributed by atoms with E-state index in [9.17, 15) is 0 Å². The SMILES string of the molecule is CC(C)C(c1nnnn1Cc1ccc2c(c1)OCO2)N1CCN(Cc2ccccc2)CC1. The summed E-state index contributed by atoms with van der Waals surface area (Å²) < 4.78 is 12.9. The van der Waals surface area contributed by atoms with Gasteiger partial charge in [-0.25, -0.2) is 4.68 Å². The van der Waals surface area contributed by atoms with Crippen molar-refractivity contribution in [2.24, 2.45) is 5.92 Å². The number of ether oxygens (including phenoxy) is 2. The molecule has 0 amide bonds. The number of nitrogens with zero attached hydrogens (tertiary/aromatic N) is 6. The van der Waals surface area contributed by atoms with Gasteiger partial charge in [-0.15, -0.1) is 5.10 Å². The lowest BCUT2D eigenvalue weighted by atomic mass is 10.0. The highest BCUT2D eigenvalue weighted by Crippen LogP contribution is 2.33. The van der Waals surface area contributed by atoms with Gasteiger partial charge in [0.1, 0.15) is 0 Å². The fourth-order valence-electron chi connectivity index (χ4n) is 4.67. The predicted octanol–water partition coefficient (Wildman–Crippen LogP) is 2.97. The Bertz CT molecular complexity index is 1030. The van der Waals surface area contributed by atoms with E-state index in [1.807, 2.05) is 22.9 Å². The normalized spacial score (nSPS) is 17.7. The van der Waals surface area contributed by atoms with Crippen molar-refractivity contribution in [3.05, 3.63) is 65.5 Å². The molecule has 8 heteroatoms. The van der Waals surface area contributed by atoms with Gasteiger partial charge in [-0.3, -0.25) is 9.80 Å². The molecule has 3 aromatic rings. The molecule has 2 aromatic carbocycles. The summed E-state index contributed by atoms with van der Waals surface area (Å²) in [5.74, 6) is 2.90. The average molecular weight is 435 g/mol. The van der Waals surface area contributed by atoms with Crippen LogP contribution in [-0.2, 0) is 13.1 Å². The first-order valence-corrected chi connectivity index (χ1v) is 11.3. The van der Waals surface area contributed by atoms with Gasteiger partial charge in [0.25, 0.3) is 0 Å². The van der Waals surface area contributed by atoms with E-state index in [2.05, 4.69) is 69.5 Å². The molecule has 0 spiro atoms. The number of piperazine rings is 1. The fraction of sp³-hybridized carbons (Fsp3) is 0.458. The summed E-state index contributed by atoms with van der Waals surface area (Å²) in [6.07, 6.45) is 0. The lowest BCUT2D eigenvalue weighted by molar-refractivity contribution is 0.0664. The zero-order chi connectivity index (χ0) is 21.9. The van der Waals surface area contributed by atoms with Gasteiger partial charge in [-0.1, -0.05) is 50.2 Å². The van der Waals surface area contributed by atoms with Gasteiger partial charge in [0.2, 0.25) is 6.79 Å². The summed E-state index contributed by atoms with van der Waals surface area (Å²) in [6, 6.07) is 16.9. The number of tetrazole rings is 1. The highest BCUT2D eigenvalue weighted by atomic mass is 16.7. The van der Waals surface area contributed by atoms with Crippen LogP contribution in [0.3, 0.4) is 0 Å². The molecule has 2 aliphatic rings. The Labute approximate surface area is 188 Å². The van der Waals surface area contributed by atoms with Crippen LogP contribution in [0.1, 0.15) is 36.8 Å². The van der Waals surface area contributed by atoms with E-state index >= 15 is 0 Å². The second kappa shape index (κ2) is 9.26. The number of rotatable bonds is 7. The molecule has 8 nitrogen and oxygen atoms in total. The van der Waals surface area contributed by atoms with Crippen molar-refractivity contribution in [2.45, 2.75) is 33.0 Å². The predicted molar refractivity (Wildman–Crippen MR) is 120 cm³/mol. The Morgan fingerprint density at radius 2 is 1.66 bits per heavy atom. The van der Waals surface area contributed by atoms with E-state index < -0.39 is 0 Å². The van der Waals surface area contributed by atoms with Crippen LogP contribution in [0.15, 0.2) is 48.5 Å².